The Balaban J connectivity index is 0.00000158. The molecule has 3 nitrogen and oxygen atoms in total. The molecule has 0 radical (unpaired) electrons. The van der Waals surface area contributed by atoms with E-state index in [0.717, 1.165) is 50.2 Å². The Morgan fingerprint density at radius 3 is 2.03 bits per heavy atom. The second-order valence-electron chi connectivity index (χ2n) is 8.54. The van der Waals surface area contributed by atoms with Crippen LogP contribution in [0.3, 0.4) is 0 Å². The molecule has 3 heteroatoms. The number of anilines is 1. The van der Waals surface area contributed by atoms with Gasteiger partial charge in [0.25, 0.3) is 0 Å². The third-order valence-corrected chi connectivity index (χ3v) is 6.37. The third kappa shape index (κ3) is 7.34. The highest BCUT2D eigenvalue weighted by Gasteiger charge is 2.22. The third-order valence-electron chi connectivity index (χ3n) is 6.37. The first-order valence-electron chi connectivity index (χ1n) is 12.6. The zero-order valence-corrected chi connectivity index (χ0v) is 21.0. The summed E-state index contributed by atoms with van der Waals surface area (Å²) in [6, 6.07) is 30.2. The fraction of sp³-hybridized carbons (Fsp3) is 0.323. The summed E-state index contributed by atoms with van der Waals surface area (Å²) in [5, 5.41) is 3.48. The number of hydrogen-bond acceptors (Lipinski definition) is 3. The van der Waals surface area contributed by atoms with E-state index in [1.54, 1.807) is 0 Å². The lowest BCUT2D eigenvalue weighted by Crippen LogP contribution is -2.36. The van der Waals surface area contributed by atoms with E-state index in [4.69, 9.17) is 4.99 Å². The lowest BCUT2D eigenvalue weighted by molar-refractivity contribution is 0.272. The van der Waals surface area contributed by atoms with Gasteiger partial charge in [0.1, 0.15) is 0 Å². The minimum absolute atomic E-state index is 0.506. The van der Waals surface area contributed by atoms with E-state index in [1.165, 1.54) is 22.4 Å². The quantitative estimate of drug-likeness (QED) is 0.376. The van der Waals surface area contributed by atoms with Crippen molar-refractivity contribution in [2.24, 2.45) is 4.99 Å². The van der Waals surface area contributed by atoms with Crippen molar-refractivity contribution in [2.75, 3.05) is 18.9 Å². The molecular weight excluding hydrogens is 414 g/mol. The fourth-order valence-corrected chi connectivity index (χ4v) is 4.32. The van der Waals surface area contributed by atoms with Gasteiger partial charge in [0.05, 0.1) is 5.82 Å². The van der Waals surface area contributed by atoms with E-state index in [0.29, 0.717) is 6.04 Å². The molecule has 0 heterocycles. The predicted octanol–water partition coefficient (Wildman–Crippen LogP) is 7.82. The van der Waals surface area contributed by atoms with Crippen molar-refractivity contribution in [3.63, 3.8) is 0 Å². The molecule has 1 aliphatic rings. The van der Waals surface area contributed by atoms with Gasteiger partial charge in [-0.05, 0) is 60.9 Å². The Hall–Kier alpha value is -3.33. The molecular formula is C31H39N3. The average Bonchev–Trinajstić information content (AvgIpc) is 2.91. The van der Waals surface area contributed by atoms with Gasteiger partial charge in [-0.15, -0.1) is 0 Å². The standard InChI is InChI=1S/C29H33N3.C2H6/c1-23(31-28-15-13-26(14-16-28)25-11-7-4-8-12-25)32(2)29-19-17-27(18-20-29)30-22-21-24-9-5-3-6-10-24;1-2/h3-16,29,31H,1,17-22H2,2H3;1-2H3. The van der Waals surface area contributed by atoms with Crippen molar-refractivity contribution >= 4 is 11.4 Å². The van der Waals surface area contributed by atoms with Gasteiger partial charge in [-0.25, -0.2) is 0 Å². The van der Waals surface area contributed by atoms with E-state index >= 15 is 0 Å². The molecule has 0 aliphatic heterocycles. The molecule has 1 aliphatic carbocycles. The van der Waals surface area contributed by atoms with Crippen LogP contribution >= 0.6 is 0 Å². The summed E-state index contributed by atoms with van der Waals surface area (Å²) in [6.45, 7) is 9.19. The van der Waals surface area contributed by atoms with Crippen LogP contribution in [0.1, 0.15) is 45.1 Å². The minimum Gasteiger partial charge on any atom is -0.359 e. The van der Waals surface area contributed by atoms with Crippen LogP contribution in [0, 0.1) is 0 Å². The Morgan fingerprint density at radius 1 is 0.853 bits per heavy atom. The van der Waals surface area contributed by atoms with Crippen molar-refractivity contribution in [1.82, 2.24) is 4.90 Å². The number of nitrogens with zero attached hydrogens (tertiary/aromatic N) is 2. The fourth-order valence-electron chi connectivity index (χ4n) is 4.32. The maximum Gasteiger partial charge on any atom is 0.0983 e. The van der Waals surface area contributed by atoms with Gasteiger partial charge in [0.15, 0.2) is 0 Å². The van der Waals surface area contributed by atoms with Gasteiger partial charge >= 0.3 is 0 Å². The SMILES string of the molecule is C=C(Nc1ccc(-c2ccccc2)cc1)N(C)C1CCC(=NCCc2ccccc2)CC1.CC. The topological polar surface area (TPSA) is 27.6 Å². The molecule has 4 rings (SSSR count). The number of hydrogen-bond donors (Lipinski definition) is 1. The molecule has 0 aromatic heterocycles. The van der Waals surface area contributed by atoms with Crippen molar-refractivity contribution in [1.29, 1.82) is 0 Å². The number of benzene rings is 3. The molecule has 1 saturated carbocycles. The van der Waals surface area contributed by atoms with Gasteiger partial charge < -0.3 is 10.2 Å². The number of aliphatic imine (C=N–C) groups is 1. The number of rotatable bonds is 8. The molecule has 0 saturated heterocycles. The van der Waals surface area contributed by atoms with E-state index in [9.17, 15) is 0 Å². The highest BCUT2D eigenvalue weighted by molar-refractivity contribution is 5.85. The highest BCUT2D eigenvalue weighted by Crippen LogP contribution is 2.25. The first-order chi connectivity index (χ1) is 16.7. The first kappa shape index (κ1) is 25.3. The molecule has 1 fully saturated rings. The van der Waals surface area contributed by atoms with Crippen LogP contribution in [0.2, 0.25) is 0 Å². The summed E-state index contributed by atoms with van der Waals surface area (Å²) in [5.74, 6) is 0.951. The summed E-state index contributed by atoms with van der Waals surface area (Å²) in [6.07, 6.45) is 5.46. The van der Waals surface area contributed by atoms with Crippen LogP contribution in [0.15, 0.2) is 102 Å². The zero-order chi connectivity index (χ0) is 24.2. The average molecular weight is 454 g/mol. The monoisotopic (exact) mass is 453 g/mol. The van der Waals surface area contributed by atoms with Crippen LogP contribution < -0.4 is 5.32 Å². The van der Waals surface area contributed by atoms with Crippen molar-refractivity contribution < 1.29 is 0 Å². The second-order valence-corrected chi connectivity index (χ2v) is 8.54. The highest BCUT2D eigenvalue weighted by atomic mass is 15.2. The van der Waals surface area contributed by atoms with Crippen LogP contribution in [0.25, 0.3) is 11.1 Å². The summed E-state index contributed by atoms with van der Waals surface area (Å²) in [4.78, 5) is 7.18. The molecule has 178 valence electrons. The Bertz CT molecular complexity index is 1010. The molecule has 3 aromatic rings. The molecule has 0 atom stereocenters. The maximum atomic E-state index is 4.88. The van der Waals surface area contributed by atoms with E-state index in [-0.39, 0.29) is 0 Å². The second kappa shape index (κ2) is 13.4. The summed E-state index contributed by atoms with van der Waals surface area (Å²) in [5.41, 5.74) is 6.27. The van der Waals surface area contributed by atoms with Crippen molar-refractivity contribution in [2.45, 2.75) is 52.0 Å². The van der Waals surface area contributed by atoms with Gasteiger partial charge in [-0.1, -0.05) is 93.2 Å². The molecule has 0 unspecified atom stereocenters. The van der Waals surface area contributed by atoms with Crippen LogP contribution in [0.4, 0.5) is 5.69 Å². The van der Waals surface area contributed by atoms with Gasteiger partial charge in [0, 0.05) is 31.0 Å². The van der Waals surface area contributed by atoms with E-state index < -0.39 is 0 Å². The van der Waals surface area contributed by atoms with Gasteiger partial charge in [-0.2, -0.15) is 0 Å². The summed E-state index contributed by atoms with van der Waals surface area (Å²) < 4.78 is 0. The Labute approximate surface area is 206 Å². The van der Waals surface area contributed by atoms with E-state index in [1.807, 2.05) is 19.9 Å². The van der Waals surface area contributed by atoms with Crippen LogP contribution in [-0.2, 0) is 6.42 Å². The summed E-state index contributed by atoms with van der Waals surface area (Å²) >= 11 is 0. The van der Waals surface area contributed by atoms with Gasteiger partial charge in [0.2, 0.25) is 0 Å². The number of nitrogens with one attached hydrogen (secondary N) is 1. The molecule has 1 N–H and O–H groups in total. The normalized spacial score (nSPS) is 15.0. The maximum absolute atomic E-state index is 4.88. The van der Waals surface area contributed by atoms with Crippen LogP contribution in [-0.4, -0.2) is 30.2 Å². The lowest BCUT2D eigenvalue weighted by atomic mass is 9.92. The largest absolute Gasteiger partial charge is 0.359 e. The minimum atomic E-state index is 0.506. The van der Waals surface area contributed by atoms with E-state index in [2.05, 4.69) is 103 Å². The van der Waals surface area contributed by atoms with Crippen molar-refractivity contribution in [3.05, 3.63) is 103 Å². The predicted molar refractivity (Wildman–Crippen MR) is 148 cm³/mol. The molecule has 0 bridgehead atoms. The smallest absolute Gasteiger partial charge is 0.0983 e. The Morgan fingerprint density at radius 2 is 1.41 bits per heavy atom. The Kier molecular flexibility index (Phi) is 9.97. The molecule has 0 spiro atoms. The molecule has 34 heavy (non-hydrogen) atoms. The zero-order valence-electron chi connectivity index (χ0n) is 21.0. The molecule has 3 aromatic carbocycles. The van der Waals surface area contributed by atoms with Crippen molar-refractivity contribution in [3.8, 4) is 11.1 Å². The first-order valence-corrected chi connectivity index (χ1v) is 12.6. The van der Waals surface area contributed by atoms with Gasteiger partial charge in [-0.3, -0.25) is 4.99 Å². The molecule has 0 amide bonds. The van der Waals surface area contributed by atoms with Crippen LogP contribution in [0.5, 0.6) is 0 Å². The summed E-state index contributed by atoms with van der Waals surface area (Å²) in [7, 11) is 2.15. The lowest BCUT2D eigenvalue weighted by Gasteiger charge is -2.34.